The summed E-state index contributed by atoms with van der Waals surface area (Å²) < 4.78 is 0. The molecular formula is C13H26N2O2. The number of aliphatic hydroxyl groups is 1. The Morgan fingerprint density at radius 2 is 2.24 bits per heavy atom. The predicted molar refractivity (Wildman–Crippen MR) is 68.7 cm³/mol. The molecule has 0 aromatic rings. The summed E-state index contributed by atoms with van der Waals surface area (Å²) in [5, 5.41) is 16.2. The van der Waals surface area contributed by atoms with E-state index in [1.807, 2.05) is 6.92 Å². The second kappa shape index (κ2) is 5.36. The number of nitrogens with one attached hydrogen (secondary N) is 2. The van der Waals surface area contributed by atoms with Gasteiger partial charge in [-0.1, -0.05) is 13.8 Å². The molecule has 0 saturated carbocycles. The number of hydrogen-bond acceptors (Lipinski definition) is 3. The van der Waals surface area contributed by atoms with Crippen molar-refractivity contribution in [3.05, 3.63) is 0 Å². The Hall–Kier alpha value is -0.610. The van der Waals surface area contributed by atoms with E-state index in [2.05, 4.69) is 24.5 Å². The Balaban J connectivity index is 2.42. The molecule has 1 aliphatic heterocycles. The molecule has 1 saturated heterocycles. The average molecular weight is 242 g/mol. The molecular weight excluding hydrogens is 216 g/mol. The molecule has 0 spiro atoms. The van der Waals surface area contributed by atoms with Crippen LogP contribution in [-0.2, 0) is 4.79 Å². The van der Waals surface area contributed by atoms with Crippen molar-refractivity contribution in [2.24, 2.45) is 11.3 Å². The van der Waals surface area contributed by atoms with Gasteiger partial charge in [0.25, 0.3) is 0 Å². The maximum absolute atomic E-state index is 12.0. The first-order chi connectivity index (χ1) is 7.75. The van der Waals surface area contributed by atoms with Crippen LogP contribution in [0.5, 0.6) is 0 Å². The topological polar surface area (TPSA) is 61.4 Å². The molecule has 0 aliphatic carbocycles. The summed E-state index contributed by atoms with van der Waals surface area (Å²) in [5.74, 6) is 0.470. The summed E-state index contributed by atoms with van der Waals surface area (Å²) in [4.78, 5) is 12.0. The Morgan fingerprint density at radius 3 is 2.71 bits per heavy atom. The molecule has 0 aromatic heterocycles. The second-order valence-corrected chi connectivity index (χ2v) is 6.27. The molecule has 2 unspecified atom stereocenters. The van der Waals surface area contributed by atoms with Crippen molar-refractivity contribution in [2.75, 3.05) is 19.6 Å². The number of amides is 1. The van der Waals surface area contributed by atoms with Crippen molar-refractivity contribution in [3.8, 4) is 0 Å². The fourth-order valence-corrected chi connectivity index (χ4v) is 2.45. The van der Waals surface area contributed by atoms with E-state index < -0.39 is 5.60 Å². The fraction of sp³-hybridized carbons (Fsp3) is 0.923. The summed E-state index contributed by atoms with van der Waals surface area (Å²) >= 11 is 0. The molecule has 1 heterocycles. The zero-order valence-electron chi connectivity index (χ0n) is 11.5. The second-order valence-electron chi connectivity index (χ2n) is 6.27. The molecule has 1 amide bonds. The lowest BCUT2D eigenvalue weighted by molar-refractivity contribution is -0.130. The summed E-state index contributed by atoms with van der Waals surface area (Å²) in [5.41, 5.74) is -1.12. The van der Waals surface area contributed by atoms with Gasteiger partial charge in [-0.2, -0.15) is 0 Å². The molecule has 0 bridgehead atoms. The zero-order valence-corrected chi connectivity index (χ0v) is 11.5. The van der Waals surface area contributed by atoms with Crippen molar-refractivity contribution in [1.82, 2.24) is 10.6 Å². The van der Waals surface area contributed by atoms with E-state index in [1.54, 1.807) is 6.92 Å². The molecule has 3 N–H and O–H groups in total. The summed E-state index contributed by atoms with van der Waals surface area (Å²) in [7, 11) is 0. The highest BCUT2D eigenvalue weighted by atomic mass is 16.3. The minimum absolute atomic E-state index is 0.0477. The van der Waals surface area contributed by atoms with Gasteiger partial charge in [0, 0.05) is 13.1 Å². The average Bonchev–Trinajstić information content (AvgIpc) is 2.61. The largest absolute Gasteiger partial charge is 0.388 e. The van der Waals surface area contributed by atoms with Gasteiger partial charge in [0.2, 0.25) is 5.91 Å². The minimum atomic E-state index is -0.813. The van der Waals surface area contributed by atoms with Crippen LogP contribution < -0.4 is 10.6 Å². The molecule has 17 heavy (non-hydrogen) atoms. The van der Waals surface area contributed by atoms with Crippen molar-refractivity contribution >= 4 is 5.91 Å². The highest BCUT2D eigenvalue weighted by molar-refractivity contribution is 5.82. The van der Waals surface area contributed by atoms with E-state index in [0.717, 1.165) is 19.5 Å². The van der Waals surface area contributed by atoms with Gasteiger partial charge in [-0.25, -0.2) is 0 Å². The third-order valence-corrected chi connectivity index (χ3v) is 3.39. The first-order valence-corrected chi connectivity index (χ1v) is 6.47. The highest BCUT2D eigenvalue weighted by Gasteiger charge is 2.37. The molecule has 100 valence electrons. The van der Waals surface area contributed by atoms with Crippen LogP contribution in [0.25, 0.3) is 0 Å². The van der Waals surface area contributed by atoms with E-state index in [9.17, 15) is 9.90 Å². The summed E-state index contributed by atoms with van der Waals surface area (Å²) in [6.45, 7) is 9.84. The van der Waals surface area contributed by atoms with E-state index in [4.69, 9.17) is 0 Å². The summed E-state index contributed by atoms with van der Waals surface area (Å²) in [6, 6.07) is 0. The van der Waals surface area contributed by atoms with Crippen LogP contribution in [0.1, 0.15) is 40.5 Å². The van der Waals surface area contributed by atoms with E-state index in [0.29, 0.717) is 18.9 Å². The molecule has 2 atom stereocenters. The van der Waals surface area contributed by atoms with Crippen LogP contribution in [0.2, 0.25) is 0 Å². The lowest BCUT2D eigenvalue weighted by atomic mass is 9.88. The van der Waals surface area contributed by atoms with Gasteiger partial charge in [-0.15, -0.1) is 0 Å². The third kappa shape index (κ3) is 4.28. The van der Waals surface area contributed by atoms with Crippen molar-refractivity contribution in [2.45, 2.75) is 46.1 Å². The van der Waals surface area contributed by atoms with Gasteiger partial charge in [-0.05, 0) is 39.2 Å². The fourth-order valence-electron chi connectivity index (χ4n) is 2.45. The Bertz CT molecular complexity index is 269. The Kier molecular flexibility index (Phi) is 4.55. The van der Waals surface area contributed by atoms with Gasteiger partial charge in [0.15, 0.2) is 0 Å². The van der Waals surface area contributed by atoms with Gasteiger partial charge in [0.05, 0.1) is 11.0 Å². The Labute approximate surface area is 104 Å². The lowest BCUT2D eigenvalue weighted by Gasteiger charge is -2.28. The first kappa shape index (κ1) is 14.5. The van der Waals surface area contributed by atoms with Crippen LogP contribution >= 0.6 is 0 Å². The molecule has 4 nitrogen and oxygen atoms in total. The van der Waals surface area contributed by atoms with Crippen LogP contribution in [0.3, 0.4) is 0 Å². The van der Waals surface area contributed by atoms with Crippen molar-refractivity contribution < 1.29 is 9.90 Å². The van der Waals surface area contributed by atoms with E-state index in [-0.39, 0.29) is 11.3 Å². The van der Waals surface area contributed by atoms with Gasteiger partial charge >= 0.3 is 0 Å². The molecule has 0 radical (unpaired) electrons. The summed E-state index contributed by atoms with van der Waals surface area (Å²) in [6.07, 6.45) is 1.56. The highest BCUT2D eigenvalue weighted by Crippen LogP contribution is 2.25. The number of rotatable bonds is 5. The minimum Gasteiger partial charge on any atom is -0.388 e. The lowest BCUT2D eigenvalue weighted by Crippen LogP contribution is -2.47. The molecule has 1 rings (SSSR count). The number of carbonyl (C=O) groups is 1. The first-order valence-electron chi connectivity index (χ1n) is 6.47. The van der Waals surface area contributed by atoms with Crippen molar-refractivity contribution in [3.63, 3.8) is 0 Å². The molecule has 1 aliphatic rings. The normalized spacial score (nSPS) is 28.1. The van der Waals surface area contributed by atoms with E-state index in [1.165, 1.54) is 0 Å². The molecule has 4 heteroatoms. The zero-order chi connectivity index (χ0) is 13.1. The number of carbonyl (C=O) groups excluding carboxylic acids is 1. The maximum Gasteiger partial charge on any atom is 0.227 e. The SMILES string of the molecule is CC(C)CC(C)(O)CNC(=O)C1(C)CCNC1. The predicted octanol–water partition coefficient (Wildman–Crippen LogP) is 0.899. The van der Waals surface area contributed by atoms with Crippen LogP contribution in [0, 0.1) is 11.3 Å². The third-order valence-electron chi connectivity index (χ3n) is 3.39. The Morgan fingerprint density at radius 1 is 1.59 bits per heavy atom. The van der Waals surface area contributed by atoms with Gasteiger partial charge < -0.3 is 15.7 Å². The molecule has 1 fully saturated rings. The quantitative estimate of drug-likeness (QED) is 0.671. The monoisotopic (exact) mass is 242 g/mol. The van der Waals surface area contributed by atoms with Crippen LogP contribution in [-0.4, -0.2) is 36.2 Å². The van der Waals surface area contributed by atoms with Gasteiger partial charge in [0.1, 0.15) is 0 Å². The van der Waals surface area contributed by atoms with Gasteiger partial charge in [-0.3, -0.25) is 4.79 Å². The standard InChI is InChI=1S/C13H26N2O2/c1-10(2)7-13(4,17)9-15-11(16)12(3)5-6-14-8-12/h10,14,17H,5-9H2,1-4H3,(H,15,16). The molecule has 0 aromatic carbocycles. The number of hydrogen-bond donors (Lipinski definition) is 3. The van der Waals surface area contributed by atoms with Crippen LogP contribution in [0.4, 0.5) is 0 Å². The maximum atomic E-state index is 12.0. The van der Waals surface area contributed by atoms with Crippen LogP contribution in [0.15, 0.2) is 0 Å². The smallest absolute Gasteiger partial charge is 0.227 e. The van der Waals surface area contributed by atoms with E-state index >= 15 is 0 Å². The van der Waals surface area contributed by atoms with Crippen molar-refractivity contribution in [1.29, 1.82) is 0 Å².